The van der Waals surface area contributed by atoms with Crippen molar-refractivity contribution >= 4 is 11.6 Å². The summed E-state index contributed by atoms with van der Waals surface area (Å²) in [4.78, 5) is 14.3. The molecule has 2 fully saturated rings. The summed E-state index contributed by atoms with van der Waals surface area (Å²) in [6, 6.07) is 6.79. The predicted octanol–water partition coefficient (Wildman–Crippen LogP) is 1.90. The first-order valence-corrected chi connectivity index (χ1v) is 6.80. The fourth-order valence-corrected chi connectivity index (χ4v) is 3.71. The van der Waals surface area contributed by atoms with E-state index >= 15 is 0 Å². The minimum Gasteiger partial charge on any atom is -0.328 e. The smallest absolute Gasteiger partial charge is 0.237 e. The van der Waals surface area contributed by atoms with E-state index in [4.69, 9.17) is 5.73 Å². The molecule has 94 valence electrons. The molecule has 2 N–H and O–H groups in total. The second-order valence-electron chi connectivity index (χ2n) is 6.12. The Morgan fingerprint density at radius 3 is 2.67 bits per heavy atom. The van der Waals surface area contributed by atoms with Crippen molar-refractivity contribution in [2.45, 2.75) is 43.1 Å². The lowest BCUT2D eigenvalue weighted by atomic mass is 9.75. The number of rotatable bonds is 1. The first-order valence-electron chi connectivity index (χ1n) is 6.80. The number of anilines is 1. The Morgan fingerprint density at radius 1 is 1.33 bits per heavy atom. The monoisotopic (exact) mass is 242 g/mol. The largest absolute Gasteiger partial charge is 0.328 e. The molecule has 2 saturated carbocycles. The molecule has 0 saturated heterocycles. The van der Waals surface area contributed by atoms with Crippen LogP contribution < -0.4 is 10.6 Å². The maximum absolute atomic E-state index is 12.4. The standard InChI is InChI=1S/C15H18N2O/c1-17-13-11(9-7-10(16)8-9)3-2-4-12(13)15(5-6-15)14(17)18/h2-4,9-10H,5-8,16H2,1H3. The number of nitrogens with two attached hydrogens (primary N) is 1. The SMILES string of the molecule is CN1C(=O)C2(CC2)c2cccc(C3CC(N)C3)c21. The van der Waals surface area contributed by atoms with Gasteiger partial charge in [0.2, 0.25) is 5.91 Å². The molecule has 0 bridgehead atoms. The first-order chi connectivity index (χ1) is 8.63. The van der Waals surface area contributed by atoms with Gasteiger partial charge in [-0.25, -0.2) is 0 Å². The lowest BCUT2D eigenvalue weighted by molar-refractivity contribution is -0.119. The molecule has 2 aliphatic carbocycles. The maximum Gasteiger partial charge on any atom is 0.237 e. The van der Waals surface area contributed by atoms with E-state index in [0.717, 1.165) is 25.7 Å². The topological polar surface area (TPSA) is 46.3 Å². The zero-order valence-electron chi connectivity index (χ0n) is 10.6. The minimum absolute atomic E-state index is 0.147. The molecule has 18 heavy (non-hydrogen) atoms. The van der Waals surface area contributed by atoms with E-state index in [1.165, 1.54) is 16.8 Å². The van der Waals surface area contributed by atoms with Gasteiger partial charge in [-0.1, -0.05) is 18.2 Å². The molecule has 1 heterocycles. The summed E-state index contributed by atoms with van der Waals surface area (Å²) in [5.41, 5.74) is 9.56. The molecule has 1 aliphatic heterocycles. The average molecular weight is 242 g/mol. The summed E-state index contributed by atoms with van der Waals surface area (Å²) in [5.74, 6) is 0.854. The highest BCUT2D eigenvalue weighted by atomic mass is 16.2. The second-order valence-corrected chi connectivity index (χ2v) is 6.12. The third-order valence-electron chi connectivity index (χ3n) is 5.00. The minimum atomic E-state index is -0.147. The van der Waals surface area contributed by atoms with Crippen LogP contribution in [0.5, 0.6) is 0 Å². The molecule has 0 aromatic heterocycles. The van der Waals surface area contributed by atoms with Gasteiger partial charge in [-0.15, -0.1) is 0 Å². The fraction of sp³-hybridized carbons (Fsp3) is 0.533. The van der Waals surface area contributed by atoms with Gasteiger partial charge < -0.3 is 10.6 Å². The van der Waals surface area contributed by atoms with Crippen molar-refractivity contribution in [3.8, 4) is 0 Å². The van der Waals surface area contributed by atoms with Crippen molar-refractivity contribution in [2.24, 2.45) is 5.73 Å². The maximum atomic E-state index is 12.4. The van der Waals surface area contributed by atoms with Gasteiger partial charge in [0.1, 0.15) is 0 Å². The number of hydrogen-bond donors (Lipinski definition) is 1. The molecule has 0 atom stereocenters. The molecular formula is C15H18N2O. The number of carbonyl (C=O) groups excluding carboxylic acids is 1. The van der Waals surface area contributed by atoms with Crippen molar-refractivity contribution in [2.75, 3.05) is 11.9 Å². The van der Waals surface area contributed by atoms with Crippen LogP contribution in [-0.4, -0.2) is 19.0 Å². The molecule has 1 aromatic rings. The van der Waals surface area contributed by atoms with E-state index in [1.807, 2.05) is 11.9 Å². The molecule has 3 heteroatoms. The Morgan fingerprint density at radius 2 is 2.06 bits per heavy atom. The van der Waals surface area contributed by atoms with Crippen LogP contribution in [0, 0.1) is 0 Å². The predicted molar refractivity (Wildman–Crippen MR) is 70.7 cm³/mol. The highest BCUT2D eigenvalue weighted by Gasteiger charge is 2.59. The van der Waals surface area contributed by atoms with Gasteiger partial charge in [0.15, 0.2) is 0 Å². The van der Waals surface area contributed by atoms with Crippen LogP contribution in [0.3, 0.4) is 0 Å². The lowest BCUT2D eigenvalue weighted by Gasteiger charge is -2.34. The first kappa shape index (κ1) is 10.6. The van der Waals surface area contributed by atoms with Crippen LogP contribution in [0.2, 0.25) is 0 Å². The van der Waals surface area contributed by atoms with Gasteiger partial charge in [0.05, 0.1) is 11.1 Å². The Labute approximate surface area is 107 Å². The fourth-order valence-electron chi connectivity index (χ4n) is 3.71. The van der Waals surface area contributed by atoms with E-state index in [9.17, 15) is 4.79 Å². The number of likely N-dealkylation sites (N-methyl/N-ethyl adjacent to an activating group) is 1. The normalized spacial score (nSPS) is 31.4. The van der Waals surface area contributed by atoms with Crippen LogP contribution in [0.25, 0.3) is 0 Å². The third kappa shape index (κ3) is 1.11. The Balaban J connectivity index is 1.84. The Bertz CT molecular complexity index is 541. The Kier molecular flexibility index (Phi) is 1.85. The van der Waals surface area contributed by atoms with E-state index < -0.39 is 0 Å². The van der Waals surface area contributed by atoms with Crippen molar-refractivity contribution < 1.29 is 4.79 Å². The van der Waals surface area contributed by atoms with E-state index in [-0.39, 0.29) is 5.41 Å². The Hall–Kier alpha value is -1.35. The van der Waals surface area contributed by atoms with Crippen LogP contribution in [0.1, 0.15) is 42.7 Å². The summed E-state index contributed by atoms with van der Waals surface area (Å²) in [7, 11) is 1.93. The molecule has 1 spiro atoms. The molecule has 0 unspecified atom stereocenters. The van der Waals surface area contributed by atoms with Gasteiger partial charge in [-0.2, -0.15) is 0 Å². The molecule has 4 rings (SSSR count). The lowest BCUT2D eigenvalue weighted by Crippen LogP contribution is -2.35. The number of benzene rings is 1. The number of nitrogens with zero attached hydrogens (tertiary/aromatic N) is 1. The highest BCUT2D eigenvalue weighted by molar-refractivity contribution is 6.10. The van der Waals surface area contributed by atoms with E-state index in [1.54, 1.807) is 0 Å². The molecule has 1 amide bonds. The van der Waals surface area contributed by atoms with Crippen LogP contribution in [0.4, 0.5) is 5.69 Å². The van der Waals surface area contributed by atoms with Crippen LogP contribution >= 0.6 is 0 Å². The summed E-state index contributed by atoms with van der Waals surface area (Å²) in [5, 5.41) is 0. The number of fused-ring (bicyclic) bond motifs is 2. The summed E-state index contributed by atoms with van der Waals surface area (Å²) >= 11 is 0. The van der Waals surface area contributed by atoms with Crippen molar-refractivity contribution in [1.82, 2.24) is 0 Å². The van der Waals surface area contributed by atoms with Crippen molar-refractivity contribution in [3.05, 3.63) is 29.3 Å². The van der Waals surface area contributed by atoms with Crippen LogP contribution in [-0.2, 0) is 10.2 Å². The van der Waals surface area contributed by atoms with Gasteiger partial charge in [-0.05, 0) is 42.7 Å². The number of hydrogen-bond acceptors (Lipinski definition) is 2. The molecule has 3 aliphatic rings. The van der Waals surface area contributed by atoms with Gasteiger partial charge in [0.25, 0.3) is 0 Å². The summed E-state index contributed by atoms with van der Waals surface area (Å²) < 4.78 is 0. The highest BCUT2D eigenvalue weighted by Crippen LogP contribution is 2.59. The second kappa shape index (κ2) is 3.15. The van der Waals surface area contributed by atoms with Crippen LogP contribution in [0.15, 0.2) is 18.2 Å². The number of carbonyl (C=O) groups is 1. The average Bonchev–Trinajstić information content (AvgIpc) is 3.10. The molecule has 1 aromatic carbocycles. The zero-order valence-corrected chi connectivity index (χ0v) is 10.6. The van der Waals surface area contributed by atoms with Gasteiger partial charge in [0, 0.05) is 13.1 Å². The van der Waals surface area contributed by atoms with E-state index in [0.29, 0.717) is 17.9 Å². The number of amides is 1. The zero-order chi connectivity index (χ0) is 12.5. The van der Waals surface area contributed by atoms with Crippen molar-refractivity contribution in [1.29, 1.82) is 0 Å². The third-order valence-corrected chi connectivity index (χ3v) is 5.00. The van der Waals surface area contributed by atoms with Gasteiger partial charge >= 0.3 is 0 Å². The molecule has 3 nitrogen and oxygen atoms in total. The summed E-state index contributed by atoms with van der Waals surface area (Å²) in [6.07, 6.45) is 4.17. The molecule has 0 radical (unpaired) electrons. The number of para-hydroxylation sites is 1. The quantitative estimate of drug-likeness (QED) is 0.817. The summed E-state index contributed by atoms with van der Waals surface area (Å²) in [6.45, 7) is 0. The molecular weight excluding hydrogens is 224 g/mol. The van der Waals surface area contributed by atoms with E-state index in [2.05, 4.69) is 18.2 Å². The van der Waals surface area contributed by atoms with Crippen molar-refractivity contribution in [3.63, 3.8) is 0 Å². The van der Waals surface area contributed by atoms with Gasteiger partial charge in [-0.3, -0.25) is 4.79 Å².